The molecule has 0 bridgehead atoms. The van der Waals surface area contributed by atoms with Crippen molar-refractivity contribution in [1.82, 2.24) is 9.55 Å². The normalized spacial score (nSPS) is 17.8. The fourth-order valence-corrected chi connectivity index (χ4v) is 3.68. The molecule has 1 aromatic carbocycles. The van der Waals surface area contributed by atoms with Gasteiger partial charge in [-0.15, -0.1) is 0 Å². The van der Waals surface area contributed by atoms with Crippen LogP contribution in [0.4, 0.5) is 0 Å². The van der Waals surface area contributed by atoms with E-state index in [1.54, 1.807) is 0 Å². The smallest absolute Gasteiger partial charge is 0.112 e. The zero-order valence-electron chi connectivity index (χ0n) is 13.1. The standard InChI is InChI=1S/C18H27N3/c1-2-21-17-11-10-14(13-19)12-16(17)20-18(21)15-8-6-4-3-5-7-9-15/h10-12,15H,2-9,13,19H2,1H3. The molecule has 3 heteroatoms. The van der Waals surface area contributed by atoms with Crippen molar-refractivity contribution >= 4 is 11.0 Å². The van der Waals surface area contributed by atoms with Gasteiger partial charge in [0.05, 0.1) is 11.0 Å². The van der Waals surface area contributed by atoms with Gasteiger partial charge in [-0.25, -0.2) is 4.98 Å². The van der Waals surface area contributed by atoms with E-state index in [2.05, 4.69) is 29.7 Å². The SMILES string of the molecule is CCn1c(C2CCCCCCC2)nc2cc(CN)ccc21. The molecular formula is C18H27N3. The van der Waals surface area contributed by atoms with Crippen LogP contribution in [0.15, 0.2) is 18.2 Å². The maximum atomic E-state index is 5.76. The van der Waals surface area contributed by atoms with E-state index < -0.39 is 0 Å². The highest BCUT2D eigenvalue weighted by Gasteiger charge is 2.20. The second-order valence-corrected chi connectivity index (χ2v) is 6.28. The van der Waals surface area contributed by atoms with E-state index in [4.69, 9.17) is 10.7 Å². The van der Waals surface area contributed by atoms with Gasteiger partial charge in [0.2, 0.25) is 0 Å². The number of benzene rings is 1. The van der Waals surface area contributed by atoms with Crippen molar-refractivity contribution in [3.63, 3.8) is 0 Å². The Morgan fingerprint density at radius 3 is 2.52 bits per heavy atom. The largest absolute Gasteiger partial charge is 0.328 e. The minimum atomic E-state index is 0.591. The Morgan fingerprint density at radius 1 is 1.14 bits per heavy atom. The van der Waals surface area contributed by atoms with Crippen molar-refractivity contribution in [3.8, 4) is 0 Å². The van der Waals surface area contributed by atoms with Gasteiger partial charge in [-0.2, -0.15) is 0 Å². The number of aryl methyl sites for hydroxylation is 1. The van der Waals surface area contributed by atoms with Gasteiger partial charge in [0.1, 0.15) is 5.82 Å². The van der Waals surface area contributed by atoms with Crippen LogP contribution in [0.25, 0.3) is 11.0 Å². The first-order valence-corrected chi connectivity index (χ1v) is 8.52. The Morgan fingerprint density at radius 2 is 1.86 bits per heavy atom. The fraction of sp³-hybridized carbons (Fsp3) is 0.611. The zero-order chi connectivity index (χ0) is 14.7. The molecule has 0 atom stereocenters. The van der Waals surface area contributed by atoms with Crippen LogP contribution in [0.2, 0.25) is 0 Å². The lowest BCUT2D eigenvalue weighted by molar-refractivity contribution is 0.433. The molecule has 0 radical (unpaired) electrons. The third kappa shape index (κ3) is 2.98. The van der Waals surface area contributed by atoms with Gasteiger partial charge < -0.3 is 10.3 Å². The van der Waals surface area contributed by atoms with E-state index >= 15 is 0 Å². The number of nitrogens with zero attached hydrogens (tertiary/aromatic N) is 2. The number of rotatable bonds is 3. The summed E-state index contributed by atoms with van der Waals surface area (Å²) < 4.78 is 2.42. The van der Waals surface area contributed by atoms with Crippen molar-refractivity contribution in [2.75, 3.05) is 0 Å². The highest BCUT2D eigenvalue weighted by Crippen LogP contribution is 2.32. The van der Waals surface area contributed by atoms with Crippen LogP contribution in [0.3, 0.4) is 0 Å². The average molecular weight is 285 g/mol. The van der Waals surface area contributed by atoms with Crippen molar-refractivity contribution in [2.24, 2.45) is 5.73 Å². The van der Waals surface area contributed by atoms with Crippen molar-refractivity contribution in [1.29, 1.82) is 0 Å². The Labute approximate surface area is 127 Å². The number of hydrogen-bond donors (Lipinski definition) is 1. The topological polar surface area (TPSA) is 43.8 Å². The monoisotopic (exact) mass is 285 g/mol. The Kier molecular flexibility index (Phi) is 4.59. The number of hydrogen-bond acceptors (Lipinski definition) is 2. The maximum Gasteiger partial charge on any atom is 0.112 e. The first kappa shape index (κ1) is 14.6. The molecular weight excluding hydrogens is 258 g/mol. The molecule has 1 aromatic heterocycles. The van der Waals surface area contributed by atoms with E-state index in [0.29, 0.717) is 12.5 Å². The molecule has 2 N–H and O–H groups in total. The predicted octanol–water partition coefficient (Wildman–Crippen LogP) is 4.34. The van der Waals surface area contributed by atoms with Gasteiger partial charge in [0, 0.05) is 19.0 Å². The summed E-state index contributed by atoms with van der Waals surface area (Å²) in [5, 5.41) is 0. The minimum absolute atomic E-state index is 0.591. The Bertz CT molecular complexity index is 592. The number of fused-ring (bicyclic) bond motifs is 1. The molecule has 0 saturated heterocycles. The molecule has 1 aliphatic carbocycles. The van der Waals surface area contributed by atoms with E-state index in [1.807, 2.05) is 0 Å². The van der Waals surface area contributed by atoms with Crippen molar-refractivity contribution in [3.05, 3.63) is 29.6 Å². The zero-order valence-corrected chi connectivity index (χ0v) is 13.1. The summed E-state index contributed by atoms with van der Waals surface area (Å²) in [5.41, 5.74) is 9.33. The van der Waals surface area contributed by atoms with Crippen LogP contribution >= 0.6 is 0 Å². The van der Waals surface area contributed by atoms with Crippen LogP contribution in [0.1, 0.15) is 69.2 Å². The lowest BCUT2D eigenvalue weighted by Gasteiger charge is -2.20. The van der Waals surface area contributed by atoms with Crippen LogP contribution in [0.5, 0.6) is 0 Å². The lowest BCUT2D eigenvalue weighted by Crippen LogP contribution is -2.10. The lowest BCUT2D eigenvalue weighted by atomic mass is 9.90. The molecule has 21 heavy (non-hydrogen) atoms. The van der Waals surface area contributed by atoms with Crippen LogP contribution < -0.4 is 5.73 Å². The predicted molar refractivity (Wildman–Crippen MR) is 88.4 cm³/mol. The highest BCUT2D eigenvalue weighted by atomic mass is 15.1. The summed E-state index contributed by atoms with van der Waals surface area (Å²) in [5.74, 6) is 1.95. The first-order valence-electron chi connectivity index (χ1n) is 8.52. The number of imidazole rings is 1. The van der Waals surface area contributed by atoms with Gasteiger partial charge >= 0.3 is 0 Å². The van der Waals surface area contributed by atoms with E-state index in [-0.39, 0.29) is 0 Å². The summed E-state index contributed by atoms with van der Waals surface area (Å²) in [4.78, 5) is 5.00. The van der Waals surface area contributed by atoms with Crippen LogP contribution in [-0.2, 0) is 13.1 Å². The molecule has 1 aliphatic rings. The number of aromatic nitrogens is 2. The fourth-order valence-electron chi connectivity index (χ4n) is 3.68. The summed E-state index contributed by atoms with van der Waals surface area (Å²) in [6.07, 6.45) is 9.49. The summed E-state index contributed by atoms with van der Waals surface area (Å²) in [6.45, 7) is 3.82. The summed E-state index contributed by atoms with van der Waals surface area (Å²) in [6, 6.07) is 6.49. The van der Waals surface area contributed by atoms with E-state index in [9.17, 15) is 0 Å². The minimum Gasteiger partial charge on any atom is -0.328 e. The molecule has 0 aliphatic heterocycles. The second kappa shape index (κ2) is 6.61. The van der Waals surface area contributed by atoms with Crippen molar-refractivity contribution in [2.45, 2.75) is 70.9 Å². The van der Waals surface area contributed by atoms with E-state index in [0.717, 1.165) is 12.1 Å². The number of nitrogens with two attached hydrogens (primary N) is 1. The molecule has 3 rings (SSSR count). The molecule has 114 valence electrons. The molecule has 1 heterocycles. The molecule has 3 nitrogen and oxygen atoms in total. The van der Waals surface area contributed by atoms with Gasteiger partial charge in [0.25, 0.3) is 0 Å². The molecule has 0 spiro atoms. The summed E-state index contributed by atoms with van der Waals surface area (Å²) in [7, 11) is 0. The van der Waals surface area contributed by atoms with Gasteiger partial charge in [-0.1, -0.05) is 38.2 Å². The Balaban J connectivity index is 1.99. The van der Waals surface area contributed by atoms with Crippen LogP contribution in [-0.4, -0.2) is 9.55 Å². The van der Waals surface area contributed by atoms with Crippen molar-refractivity contribution < 1.29 is 0 Å². The second-order valence-electron chi connectivity index (χ2n) is 6.28. The summed E-state index contributed by atoms with van der Waals surface area (Å²) >= 11 is 0. The van der Waals surface area contributed by atoms with Gasteiger partial charge in [0.15, 0.2) is 0 Å². The average Bonchev–Trinajstić information content (AvgIpc) is 2.84. The van der Waals surface area contributed by atoms with E-state index in [1.165, 1.54) is 61.9 Å². The first-order chi connectivity index (χ1) is 10.3. The third-order valence-corrected chi connectivity index (χ3v) is 4.86. The third-order valence-electron chi connectivity index (χ3n) is 4.86. The molecule has 0 amide bonds. The maximum absolute atomic E-state index is 5.76. The van der Waals surface area contributed by atoms with Gasteiger partial charge in [-0.3, -0.25) is 0 Å². The highest BCUT2D eigenvalue weighted by molar-refractivity contribution is 5.77. The Hall–Kier alpha value is -1.35. The van der Waals surface area contributed by atoms with Gasteiger partial charge in [-0.05, 0) is 37.5 Å². The quantitative estimate of drug-likeness (QED) is 0.911. The molecule has 2 aromatic rings. The molecule has 0 unspecified atom stereocenters. The van der Waals surface area contributed by atoms with Crippen LogP contribution in [0, 0.1) is 0 Å². The molecule has 1 saturated carbocycles. The molecule has 1 fully saturated rings.